The van der Waals surface area contributed by atoms with Crippen LogP contribution in [0, 0.1) is 0 Å². The summed E-state index contributed by atoms with van der Waals surface area (Å²) >= 11 is 5.29. The SMILES string of the molecule is CC(=O)Cc1nnc(Cl)o1. The van der Waals surface area contributed by atoms with Gasteiger partial charge >= 0.3 is 5.35 Å². The molecule has 0 atom stereocenters. The summed E-state index contributed by atoms with van der Waals surface area (Å²) in [5.74, 6) is 0.234. The molecule has 0 aromatic carbocycles. The highest BCUT2D eigenvalue weighted by atomic mass is 35.5. The van der Waals surface area contributed by atoms with Crippen molar-refractivity contribution in [3.05, 3.63) is 11.2 Å². The lowest BCUT2D eigenvalue weighted by molar-refractivity contribution is -0.116. The van der Waals surface area contributed by atoms with Gasteiger partial charge in [0, 0.05) is 0 Å². The van der Waals surface area contributed by atoms with Crippen LogP contribution >= 0.6 is 11.6 Å². The number of hydrogen-bond acceptors (Lipinski definition) is 4. The van der Waals surface area contributed by atoms with Gasteiger partial charge in [-0.05, 0) is 18.5 Å². The molecule has 0 unspecified atom stereocenters. The number of nitrogens with zero attached hydrogens (tertiary/aromatic N) is 2. The third-order valence-electron chi connectivity index (χ3n) is 0.842. The minimum Gasteiger partial charge on any atom is -0.412 e. The first-order valence-corrected chi connectivity index (χ1v) is 3.03. The number of carbonyl (C=O) groups excluding carboxylic acids is 1. The molecule has 4 nitrogen and oxygen atoms in total. The molecule has 0 saturated heterocycles. The summed E-state index contributed by atoms with van der Waals surface area (Å²) in [7, 11) is 0. The van der Waals surface area contributed by atoms with Crippen LogP contribution in [0.3, 0.4) is 0 Å². The van der Waals surface area contributed by atoms with Crippen molar-refractivity contribution in [2.75, 3.05) is 0 Å². The summed E-state index contributed by atoms with van der Waals surface area (Å²) in [6, 6.07) is 0. The van der Waals surface area contributed by atoms with Crippen LogP contribution in [0.4, 0.5) is 0 Å². The van der Waals surface area contributed by atoms with Crippen molar-refractivity contribution in [1.29, 1.82) is 0 Å². The van der Waals surface area contributed by atoms with E-state index in [1.165, 1.54) is 6.92 Å². The van der Waals surface area contributed by atoms with Crippen LogP contribution in [0.2, 0.25) is 5.35 Å². The van der Waals surface area contributed by atoms with Gasteiger partial charge in [0.05, 0.1) is 6.42 Å². The normalized spacial score (nSPS) is 9.80. The third-order valence-corrected chi connectivity index (χ3v) is 0.995. The van der Waals surface area contributed by atoms with Gasteiger partial charge in [-0.25, -0.2) is 0 Å². The lowest BCUT2D eigenvalue weighted by Crippen LogP contribution is -1.95. The summed E-state index contributed by atoms with van der Waals surface area (Å²) in [5, 5.41) is 6.82. The van der Waals surface area contributed by atoms with Gasteiger partial charge in [0.2, 0.25) is 5.89 Å². The van der Waals surface area contributed by atoms with Gasteiger partial charge in [-0.15, -0.1) is 5.10 Å². The average molecular weight is 161 g/mol. The van der Waals surface area contributed by atoms with Gasteiger partial charge in [-0.1, -0.05) is 5.10 Å². The van der Waals surface area contributed by atoms with Crippen LogP contribution in [0.15, 0.2) is 4.42 Å². The lowest BCUT2D eigenvalue weighted by Gasteiger charge is -1.83. The number of carbonyl (C=O) groups is 1. The molecule has 0 fully saturated rings. The van der Waals surface area contributed by atoms with Gasteiger partial charge in [0.25, 0.3) is 0 Å². The number of Topliss-reactive ketones (excluding diaryl/α,β-unsaturated/α-hetero) is 1. The summed E-state index contributed by atoms with van der Waals surface area (Å²) < 4.78 is 4.72. The molecule has 0 radical (unpaired) electrons. The van der Waals surface area contributed by atoms with Crippen molar-refractivity contribution in [3.8, 4) is 0 Å². The van der Waals surface area contributed by atoms with Crippen LogP contribution in [0.1, 0.15) is 12.8 Å². The Labute approximate surface area is 62.2 Å². The average Bonchev–Trinajstić information content (AvgIpc) is 2.13. The van der Waals surface area contributed by atoms with Crippen LogP contribution < -0.4 is 0 Å². The molecule has 0 aliphatic rings. The minimum atomic E-state index is -0.0312. The van der Waals surface area contributed by atoms with Crippen molar-refractivity contribution in [3.63, 3.8) is 0 Å². The number of rotatable bonds is 2. The fourth-order valence-electron chi connectivity index (χ4n) is 0.518. The Morgan fingerprint density at radius 2 is 2.40 bits per heavy atom. The first-order chi connectivity index (χ1) is 4.68. The molecular weight excluding hydrogens is 156 g/mol. The topological polar surface area (TPSA) is 56.0 Å². The highest BCUT2D eigenvalue weighted by Gasteiger charge is 2.04. The van der Waals surface area contributed by atoms with Crippen molar-refractivity contribution in [1.82, 2.24) is 10.2 Å². The maximum Gasteiger partial charge on any atom is 0.312 e. The summed E-state index contributed by atoms with van der Waals surface area (Å²) in [4.78, 5) is 10.5. The quantitative estimate of drug-likeness (QED) is 0.644. The Hall–Kier alpha value is -0.900. The Kier molecular flexibility index (Phi) is 2.01. The zero-order valence-corrected chi connectivity index (χ0v) is 6.05. The smallest absolute Gasteiger partial charge is 0.312 e. The molecule has 1 heterocycles. The third kappa shape index (κ3) is 1.80. The Morgan fingerprint density at radius 1 is 1.70 bits per heavy atom. The second-order valence-corrected chi connectivity index (χ2v) is 2.15. The molecule has 54 valence electrons. The molecule has 1 rings (SSSR count). The zero-order valence-electron chi connectivity index (χ0n) is 5.30. The molecule has 0 N–H and O–H groups in total. The van der Waals surface area contributed by atoms with Gasteiger partial charge in [0.1, 0.15) is 5.78 Å². The van der Waals surface area contributed by atoms with Crippen molar-refractivity contribution >= 4 is 17.4 Å². The van der Waals surface area contributed by atoms with E-state index >= 15 is 0 Å². The molecule has 0 bridgehead atoms. The van der Waals surface area contributed by atoms with Gasteiger partial charge < -0.3 is 4.42 Å². The van der Waals surface area contributed by atoms with E-state index in [-0.39, 0.29) is 23.4 Å². The Balaban J connectivity index is 2.67. The van der Waals surface area contributed by atoms with E-state index in [4.69, 9.17) is 16.0 Å². The van der Waals surface area contributed by atoms with E-state index in [1.807, 2.05) is 0 Å². The molecular formula is C5H5ClN2O2. The molecule has 0 amide bonds. The Morgan fingerprint density at radius 3 is 2.80 bits per heavy atom. The van der Waals surface area contributed by atoms with E-state index < -0.39 is 0 Å². The number of halogens is 1. The zero-order chi connectivity index (χ0) is 7.56. The summed E-state index contributed by atoms with van der Waals surface area (Å²) in [5.41, 5.74) is 0. The second kappa shape index (κ2) is 2.79. The van der Waals surface area contributed by atoms with E-state index in [1.54, 1.807) is 0 Å². The Bertz CT molecular complexity index is 246. The fourth-order valence-corrected chi connectivity index (χ4v) is 0.644. The number of hydrogen-bond donors (Lipinski definition) is 0. The molecule has 0 spiro atoms. The highest BCUT2D eigenvalue weighted by molar-refractivity contribution is 6.27. The van der Waals surface area contributed by atoms with Crippen LogP contribution in [0.5, 0.6) is 0 Å². The minimum absolute atomic E-state index is 0.0275. The molecule has 0 aliphatic carbocycles. The van der Waals surface area contributed by atoms with Crippen molar-refractivity contribution in [2.45, 2.75) is 13.3 Å². The summed E-state index contributed by atoms with van der Waals surface area (Å²) in [6.45, 7) is 1.44. The maximum absolute atomic E-state index is 10.5. The van der Waals surface area contributed by atoms with Gasteiger partial charge in [-0.2, -0.15) is 0 Å². The van der Waals surface area contributed by atoms with Crippen LogP contribution in [-0.2, 0) is 11.2 Å². The molecule has 1 aromatic rings. The standard InChI is InChI=1S/C5H5ClN2O2/c1-3(9)2-4-7-8-5(6)10-4/h2H2,1H3. The molecule has 0 saturated carbocycles. The van der Waals surface area contributed by atoms with Gasteiger partial charge in [-0.3, -0.25) is 4.79 Å². The predicted molar refractivity (Wildman–Crippen MR) is 33.7 cm³/mol. The van der Waals surface area contributed by atoms with Crippen LogP contribution in [0.25, 0.3) is 0 Å². The predicted octanol–water partition coefficient (Wildman–Crippen LogP) is 0.854. The van der Waals surface area contributed by atoms with E-state index in [9.17, 15) is 4.79 Å². The number of ketones is 1. The lowest BCUT2D eigenvalue weighted by atomic mass is 10.3. The fraction of sp³-hybridized carbons (Fsp3) is 0.400. The first-order valence-electron chi connectivity index (χ1n) is 2.66. The van der Waals surface area contributed by atoms with E-state index in [2.05, 4.69) is 10.2 Å². The highest BCUT2D eigenvalue weighted by Crippen LogP contribution is 2.05. The maximum atomic E-state index is 10.5. The second-order valence-electron chi connectivity index (χ2n) is 1.83. The van der Waals surface area contributed by atoms with Crippen molar-refractivity contribution < 1.29 is 9.21 Å². The van der Waals surface area contributed by atoms with Gasteiger partial charge in [0.15, 0.2) is 0 Å². The molecule has 5 heteroatoms. The monoisotopic (exact) mass is 160 g/mol. The molecule has 10 heavy (non-hydrogen) atoms. The first kappa shape index (κ1) is 7.21. The van der Waals surface area contributed by atoms with Crippen LogP contribution in [-0.4, -0.2) is 16.0 Å². The largest absolute Gasteiger partial charge is 0.412 e. The molecule has 0 aliphatic heterocycles. The van der Waals surface area contributed by atoms with E-state index in [0.29, 0.717) is 0 Å². The summed E-state index contributed by atoms with van der Waals surface area (Å²) in [6.07, 6.45) is 0.153. The van der Waals surface area contributed by atoms with E-state index in [0.717, 1.165) is 0 Å². The van der Waals surface area contributed by atoms with Crippen molar-refractivity contribution in [2.24, 2.45) is 0 Å². The number of aromatic nitrogens is 2. The molecule has 1 aromatic heterocycles.